The molecule has 0 spiro atoms. The van der Waals surface area contributed by atoms with Gasteiger partial charge in [0.2, 0.25) is 0 Å². The largest absolute Gasteiger partial charge is 0.484 e. The van der Waals surface area contributed by atoms with Crippen LogP contribution in [0.15, 0.2) is 48.5 Å². The zero-order chi connectivity index (χ0) is 16.4. The number of carbonyl (C=O) groups excluding carboxylic acids is 1. The number of nitrogens with zero attached hydrogens (tertiary/aromatic N) is 1. The lowest BCUT2D eigenvalue weighted by molar-refractivity contribution is -0.120. The van der Waals surface area contributed by atoms with Gasteiger partial charge in [-0.2, -0.15) is 0 Å². The Morgan fingerprint density at radius 2 is 1.91 bits per heavy atom. The van der Waals surface area contributed by atoms with Crippen molar-refractivity contribution >= 4 is 28.9 Å². The Balaban J connectivity index is 1.75. The minimum atomic E-state index is -0.190. The summed E-state index contributed by atoms with van der Waals surface area (Å²) < 4.78 is 5.59. The van der Waals surface area contributed by atoms with Gasteiger partial charge in [-0.15, -0.1) is 0 Å². The molecule has 2 aromatic carbocycles. The summed E-state index contributed by atoms with van der Waals surface area (Å²) in [6.07, 6.45) is 0. The maximum atomic E-state index is 12.6. The van der Waals surface area contributed by atoms with Gasteiger partial charge in [0.25, 0.3) is 5.91 Å². The van der Waals surface area contributed by atoms with Crippen LogP contribution in [0.2, 0.25) is 5.02 Å². The third-order valence-electron chi connectivity index (χ3n) is 3.70. The van der Waals surface area contributed by atoms with Crippen LogP contribution in [0.4, 0.5) is 11.4 Å². The lowest BCUT2D eigenvalue weighted by atomic mass is 9.99. The number of carbonyl (C=O) groups is 1. The summed E-state index contributed by atoms with van der Waals surface area (Å²) in [5.41, 5.74) is 1.66. The summed E-state index contributed by atoms with van der Waals surface area (Å²) in [5.74, 6) is 0.562. The van der Waals surface area contributed by atoms with Gasteiger partial charge < -0.3 is 15.0 Å². The van der Waals surface area contributed by atoms with Crippen molar-refractivity contribution in [3.8, 4) is 5.75 Å². The van der Waals surface area contributed by atoms with E-state index in [4.69, 9.17) is 16.3 Å². The van der Waals surface area contributed by atoms with Crippen molar-refractivity contribution in [2.75, 3.05) is 23.4 Å². The number of halogens is 1. The maximum absolute atomic E-state index is 12.6. The van der Waals surface area contributed by atoms with Crippen molar-refractivity contribution < 1.29 is 9.53 Å². The maximum Gasteiger partial charge on any atom is 0.265 e. The first-order valence-corrected chi connectivity index (χ1v) is 7.88. The average Bonchev–Trinajstić information content (AvgIpc) is 2.52. The van der Waals surface area contributed by atoms with Crippen molar-refractivity contribution in [2.24, 2.45) is 0 Å². The lowest BCUT2D eigenvalue weighted by Crippen LogP contribution is -2.51. The molecule has 0 atom stereocenters. The summed E-state index contributed by atoms with van der Waals surface area (Å²) in [7, 11) is 0. The molecular weight excluding hydrogens is 312 g/mol. The van der Waals surface area contributed by atoms with Gasteiger partial charge in [0.05, 0.1) is 11.4 Å². The summed E-state index contributed by atoms with van der Waals surface area (Å²) >= 11 is 5.85. The number of nitrogens with one attached hydrogen (secondary N) is 1. The van der Waals surface area contributed by atoms with Crippen LogP contribution in [0.1, 0.15) is 13.8 Å². The highest BCUT2D eigenvalue weighted by molar-refractivity contribution is 6.30. The van der Waals surface area contributed by atoms with Crippen LogP contribution in [-0.4, -0.2) is 24.6 Å². The van der Waals surface area contributed by atoms with Gasteiger partial charge in [0.15, 0.2) is 6.61 Å². The summed E-state index contributed by atoms with van der Waals surface area (Å²) in [6, 6.07) is 14.8. The molecule has 3 rings (SSSR count). The van der Waals surface area contributed by atoms with Crippen molar-refractivity contribution in [1.29, 1.82) is 0 Å². The molecule has 1 N–H and O–H groups in total. The van der Waals surface area contributed by atoms with E-state index in [1.165, 1.54) is 0 Å². The normalized spacial score (nSPS) is 15.5. The molecule has 0 saturated carbocycles. The van der Waals surface area contributed by atoms with Gasteiger partial charge in [0, 0.05) is 17.1 Å². The molecule has 0 fully saturated rings. The standard InChI is InChI=1S/C18H19ClN2O2/c1-18(2)12-21(16-6-4-3-5-15(16)20-18)17(22)11-23-14-9-7-13(19)8-10-14/h3-10,20H,11-12H2,1-2H3. The third-order valence-corrected chi connectivity index (χ3v) is 3.95. The highest BCUT2D eigenvalue weighted by Crippen LogP contribution is 2.34. The van der Waals surface area contributed by atoms with E-state index in [0.29, 0.717) is 17.3 Å². The Kier molecular flexibility index (Phi) is 4.18. The summed E-state index contributed by atoms with van der Waals surface area (Å²) in [5, 5.41) is 4.09. The minimum absolute atomic E-state index is 0.00789. The van der Waals surface area contributed by atoms with Crippen LogP contribution < -0.4 is 15.0 Å². The van der Waals surface area contributed by atoms with E-state index < -0.39 is 0 Å². The average molecular weight is 331 g/mol. The Morgan fingerprint density at radius 3 is 2.65 bits per heavy atom. The topological polar surface area (TPSA) is 41.6 Å². The molecule has 0 aliphatic carbocycles. The van der Waals surface area contributed by atoms with Crippen LogP contribution >= 0.6 is 11.6 Å². The fourth-order valence-electron chi connectivity index (χ4n) is 2.68. The molecule has 23 heavy (non-hydrogen) atoms. The molecule has 2 aromatic rings. The number of amides is 1. The van der Waals surface area contributed by atoms with Crippen LogP contribution in [0.3, 0.4) is 0 Å². The number of rotatable bonds is 3. The number of hydrogen-bond donors (Lipinski definition) is 1. The molecule has 120 valence electrons. The van der Waals surface area contributed by atoms with Gasteiger partial charge in [-0.3, -0.25) is 4.79 Å². The molecule has 1 aliphatic rings. The van der Waals surface area contributed by atoms with Crippen molar-refractivity contribution in [3.63, 3.8) is 0 Å². The van der Waals surface area contributed by atoms with Crippen LogP contribution in [0.5, 0.6) is 5.75 Å². The summed E-state index contributed by atoms with van der Waals surface area (Å²) in [6.45, 7) is 4.73. The molecule has 4 nitrogen and oxygen atoms in total. The number of hydrogen-bond acceptors (Lipinski definition) is 3. The predicted molar refractivity (Wildman–Crippen MR) is 93.4 cm³/mol. The van der Waals surface area contributed by atoms with E-state index in [2.05, 4.69) is 19.2 Å². The SMILES string of the molecule is CC1(C)CN(C(=O)COc2ccc(Cl)cc2)c2ccccc2N1. The number of ether oxygens (including phenoxy) is 1. The Labute approximate surface area is 141 Å². The molecule has 1 heterocycles. The molecule has 1 amide bonds. The zero-order valence-corrected chi connectivity index (χ0v) is 13.9. The van der Waals surface area contributed by atoms with Gasteiger partial charge in [-0.25, -0.2) is 0 Å². The second-order valence-electron chi connectivity index (χ2n) is 6.25. The van der Waals surface area contributed by atoms with E-state index in [0.717, 1.165) is 11.4 Å². The molecular formula is C18H19ClN2O2. The van der Waals surface area contributed by atoms with E-state index in [1.807, 2.05) is 24.3 Å². The molecule has 0 radical (unpaired) electrons. The monoisotopic (exact) mass is 330 g/mol. The van der Waals surface area contributed by atoms with Crippen LogP contribution in [-0.2, 0) is 4.79 Å². The fraction of sp³-hybridized carbons (Fsp3) is 0.278. The predicted octanol–water partition coefficient (Wildman–Crippen LogP) is 3.96. The summed E-state index contributed by atoms with van der Waals surface area (Å²) in [4.78, 5) is 14.4. The number of para-hydroxylation sites is 2. The Hall–Kier alpha value is -2.20. The van der Waals surface area contributed by atoms with Crippen molar-refractivity contribution in [2.45, 2.75) is 19.4 Å². The first-order valence-electron chi connectivity index (χ1n) is 7.51. The lowest BCUT2D eigenvalue weighted by Gasteiger charge is -2.40. The van der Waals surface area contributed by atoms with Gasteiger partial charge >= 0.3 is 0 Å². The second-order valence-corrected chi connectivity index (χ2v) is 6.68. The first-order chi connectivity index (χ1) is 10.9. The Morgan fingerprint density at radius 1 is 1.22 bits per heavy atom. The van der Waals surface area contributed by atoms with E-state index in [-0.39, 0.29) is 18.1 Å². The van der Waals surface area contributed by atoms with Crippen LogP contribution in [0, 0.1) is 0 Å². The quantitative estimate of drug-likeness (QED) is 0.926. The van der Waals surface area contributed by atoms with Crippen molar-refractivity contribution in [3.05, 3.63) is 53.6 Å². The minimum Gasteiger partial charge on any atom is -0.484 e. The molecule has 0 unspecified atom stereocenters. The smallest absolute Gasteiger partial charge is 0.265 e. The highest BCUT2D eigenvalue weighted by Gasteiger charge is 2.32. The Bertz CT molecular complexity index is 713. The zero-order valence-electron chi connectivity index (χ0n) is 13.2. The number of anilines is 2. The van der Waals surface area contributed by atoms with Gasteiger partial charge in [-0.1, -0.05) is 23.7 Å². The molecule has 0 saturated heterocycles. The number of fused-ring (bicyclic) bond motifs is 1. The molecule has 1 aliphatic heterocycles. The van der Waals surface area contributed by atoms with E-state index in [9.17, 15) is 4.79 Å². The van der Waals surface area contributed by atoms with Gasteiger partial charge in [-0.05, 0) is 50.2 Å². The highest BCUT2D eigenvalue weighted by atomic mass is 35.5. The van der Waals surface area contributed by atoms with Crippen LogP contribution in [0.25, 0.3) is 0 Å². The molecule has 0 aromatic heterocycles. The van der Waals surface area contributed by atoms with Crippen molar-refractivity contribution in [1.82, 2.24) is 0 Å². The second kappa shape index (κ2) is 6.13. The van der Waals surface area contributed by atoms with Gasteiger partial charge in [0.1, 0.15) is 5.75 Å². The number of benzene rings is 2. The first kappa shape index (κ1) is 15.7. The third kappa shape index (κ3) is 3.59. The fourth-order valence-corrected chi connectivity index (χ4v) is 2.80. The van der Waals surface area contributed by atoms with E-state index in [1.54, 1.807) is 29.2 Å². The molecule has 5 heteroatoms. The van der Waals surface area contributed by atoms with E-state index >= 15 is 0 Å². The molecule has 0 bridgehead atoms.